The molecule has 280 valence electrons. The third-order valence-corrected chi connectivity index (χ3v) is 8.89. The van der Waals surface area contributed by atoms with Crippen LogP contribution < -0.4 is 0 Å². The van der Waals surface area contributed by atoms with Gasteiger partial charge in [-0.3, -0.25) is 0 Å². The minimum atomic E-state index is -0.0507. The Morgan fingerprint density at radius 2 is 1.15 bits per heavy atom. The Labute approximate surface area is 300 Å². The highest BCUT2D eigenvalue weighted by atomic mass is 16.7. The van der Waals surface area contributed by atoms with Gasteiger partial charge >= 0.3 is 0 Å². The monoisotopic (exact) mass is 672 g/mol. The maximum Gasteiger partial charge on any atom is 0.157 e. The minimum absolute atomic E-state index is 0.0507. The zero-order valence-electron chi connectivity index (χ0n) is 32.4. The summed E-state index contributed by atoms with van der Waals surface area (Å²) in [5.41, 5.74) is 1.40. The number of allylic oxidation sites excluding steroid dienone is 5. The molecule has 0 aliphatic carbocycles. The molecule has 0 radical (unpaired) electrons. The molecule has 0 heterocycles. The predicted octanol–water partition coefficient (Wildman–Crippen LogP) is 12.5. The summed E-state index contributed by atoms with van der Waals surface area (Å²) in [5, 5.41) is 9.58. The van der Waals surface area contributed by atoms with Crippen LogP contribution in [0.5, 0.6) is 0 Å². The molecule has 0 amide bonds. The lowest BCUT2D eigenvalue weighted by Crippen LogP contribution is -2.29. The highest BCUT2D eigenvalue weighted by molar-refractivity contribution is 5.00. The third kappa shape index (κ3) is 35.9. The summed E-state index contributed by atoms with van der Waals surface area (Å²) >= 11 is 0. The number of aliphatic hydroxyl groups excluding tert-OH is 1. The van der Waals surface area contributed by atoms with E-state index in [0.29, 0.717) is 0 Å². The van der Waals surface area contributed by atoms with Gasteiger partial charge in [0.1, 0.15) is 0 Å². The van der Waals surface area contributed by atoms with Gasteiger partial charge in [0, 0.05) is 32.6 Å². The van der Waals surface area contributed by atoms with Crippen LogP contribution in [0.4, 0.5) is 0 Å². The Bertz CT molecular complexity index is 756. The second-order valence-corrected chi connectivity index (χ2v) is 13.6. The van der Waals surface area contributed by atoms with E-state index in [9.17, 15) is 5.11 Å². The van der Waals surface area contributed by atoms with Gasteiger partial charge < -0.3 is 19.5 Å². The maximum absolute atomic E-state index is 9.58. The Balaban J connectivity index is 4.03. The second-order valence-electron chi connectivity index (χ2n) is 13.6. The first kappa shape index (κ1) is 46.6. The molecule has 4 heteroatoms. The number of aliphatic hydroxyl groups is 1. The Morgan fingerprint density at radius 1 is 0.604 bits per heavy atom. The van der Waals surface area contributed by atoms with Crippen LogP contribution in [0.1, 0.15) is 188 Å². The van der Waals surface area contributed by atoms with E-state index in [-0.39, 0.29) is 12.9 Å². The molecule has 0 aromatic heterocycles. The van der Waals surface area contributed by atoms with Crippen LogP contribution >= 0.6 is 0 Å². The standard InChI is InChI=1S/C44H81NO3/c1-5-8-11-14-17-18-20-27-34-43(4)35-28-22-24-31-38-45(39-40-46)37-30-23-19-21-29-36-44(47-41-32-25-15-12-9-6-2)48-42-33-26-16-13-10-7-3/h9-10,12-13,44,46H,4-8,11,14-16,19-42H2,1-3H3/b12-9-,13-10-. The lowest BCUT2D eigenvalue weighted by molar-refractivity contribution is -0.147. The van der Waals surface area contributed by atoms with Gasteiger partial charge in [0.15, 0.2) is 6.29 Å². The first-order valence-corrected chi connectivity index (χ1v) is 20.7. The van der Waals surface area contributed by atoms with E-state index in [4.69, 9.17) is 9.47 Å². The number of nitrogens with zero attached hydrogens (tertiary/aromatic N) is 1. The molecule has 0 aromatic carbocycles. The molecular formula is C44H81NO3. The summed E-state index contributed by atoms with van der Waals surface area (Å²) in [6.07, 6.45) is 39.7. The molecule has 48 heavy (non-hydrogen) atoms. The van der Waals surface area contributed by atoms with E-state index < -0.39 is 0 Å². The van der Waals surface area contributed by atoms with Crippen molar-refractivity contribution in [1.29, 1.82) is 0 Å². The van der Waals surface area contributed by atoms with Gasteiger partial charge in [-0.15, -0.1) is 11.8 Å². The number of hydrogen-bond acceptors (Lipinski definition) is 4. The van der Waals surface area contributed by atoms with Crippen LogP contribution in [-0.2, 0) is 9.47 Å². The van der Waals surface area contributed by atoms with Crippen molar-refractivity contribution in [3.05, 3.63) is 36.5 Å². The van der Waals surface area contributed by atoms with E-state index >= 15 is 0 Å². The normalized spacial score (nSPS) is 11.8. The SMILES string of the molecule is C=C(CCCC#CCCCCC)CCCCCCN(CCO)CCCCCCCC(OCCCC/C=C\CC)OCCCC/C=C\CC. The molecule has 0 fully saturated rings. The number of unbranched alkanes of at least 4 members (excludes halogenated alkanes) is 15. The van der Waals surface area contributed by atoms with E-state index in [2.05, 4.69) is 68.4 Å². The molecule has 0 saturated carbocycles. The predicted molar refractivity (Wildman–Crippen MR) is 211 cm³/mol. The molecule has 4 nitrogen and oxygen atoms in total. The average Bonchev–Trinajstić information content (AvgIpc) is 3.09. The van der Waals surface area contributed by atoms with Crippen molar-refractivity contribution in [2.75, 3.05) is 39.5 Å². The van der Waals surface area contributed by atoms with Crippen molar-refractivity contribution in [1.82, 2.24) is 4.90 Å². The van der Waals surface area contributed by atoms with Gasteiger partial charge in [-0.1, -0.05) is 102 Å². The third-order valence-electron chi connectivity index (χ3n) is 8.89. The molecule has 0 atom stereocenters. The fraction of sp³-hybridized carbons (Fsp3) is 0.818. The van der Waals surface area contributed by atoms with Crippen LogP contribution in [0.2, 0.25) is 0 Å². The van der Waals surface area contributed by atoms with Gasteiger partial charge in [0.2, 0.25) is 0 Å². The Kier molecular flexibility index (Phi) is 38.9. The van der Waals surface area contributed by atoms with Gasteiger partial charge in [0.05, 0.1) is 6.61 Å². The summed E-state index contributed by atoms with van der Waals surface area (Å²) < 4.78 is 12.4. The molecule has 0 saturated heterocycles. The molecule has 0 rings (SSSR count). The summed E-state index contributed by atoms with van der Waals surface area (Å²) in [4.78, 5) is 2.47. The highest BCUT2D eigenvalue weighted by Crippen LogP contribution is 2.16. The number of ether oxygens (including phenoxy) is 2. The van der Waals surface area contributed by atoms with Gasteiger partial charge in [0.25, 0.3) is 0 Å². The highest BCUT2D eigenvalue weighted by Gasteiger charge is 2.10. The van der Waals surface area contributed by atoms with Crippen molar-refractivity contribution < 1.29 is 14.6 Å². The van der Waals surface area contributed by atoms with Crippen molar-refractivity contribution in [3.63, 3.8) is 0 Å². The van der Waals surface area contributed by atoms with Crippen LogP contribution in [0.3, 0.4) is 0 Å². The average molecular weight is 672 g/mol. The Hall–Kier alpha value is -1.38. The fourth-order valence-corrected chi connectivity index (χ4v) is 5.85. The maximum atomic E-state index is 9.58. The first-order chi connectivity index (χ1) is 23.7. The summed E-state index contributed by atoms with van der Waals surface area (Å²) in [5.74, 6) is 6.66. The molecule has 0 unspecified atom stereocenters. The van der Waals surface area contributed by atoms with E-state index in [1.54, 1.807) is 0 Å². The molecule has 0 aromatic rings. The molecule has 0 aliphatic rings. The summed E-state index contributed by atoms with van der Waals surface area (Å²) in [6.45, 7) is 15.8. The van der Waals surface area contributed by atoms with Gasteiger partial charge in [-0.05, 0) is 122 Å². The summed E-state index contributed by atoms with van der Waals surface area (Å²) in [6, 6.07) is 0. The molecule has 0 bridgehead atoms. The molecule has 0 aliphatic heterocycles. The molecule has 0 spiro atoms. The minimum Gasteiger partial charge on any atom is -0.395 e. The van der Waals surface area contributed by atoms with Gasteiger partial charge in [-0.25, -0.2) is 0 Å². The zero-order chi connectivity index (χ0) is 35.0. The number of hydrogen-bond donors (Lipinski definition) is 1. The largest absolute Gasteiger partial charge is 0.395 e. The van der Waals surface area contributed by atoms with Gasteiger partial charge in [-0.2, -0.15) is 0 Å². The van der Waals surface area contributed by atoms with Crippen LogP contribution in [0, 0.1) is 11.8 Å². The topological polar surface area (TPSA) is 41.9 Å². The van der Waals surface area contributed by atoms with Crippen LogP contribution in [-0.4, -0.2) is 55.8 Å². The molecular weight excluding hydrogens is 590 g/mol. The van der Waals surface area contributed by atoms with Crippen molar-refractivity contribution in [2.24, 2.45) is 0 Å². The Morgan fingerprint density at radius 3 is 1.73 bits per heavy atom. The lowest BCUT2D eigenvalue weighted by atomic mass is 10.0. The lowest BCUT2D eigenvalue weighted by Gasteiger charge is -2.21. The van der Waals surface area contributed by atoms with E-state index in [0.717, 1.165) is 110 Å². The second kappa shape index (κ2) is 40.1. The fourth-order valence-electron chi connectivity index (χ4n) is 5.85. The van der Waals surface area contributed by atoms with E-state index in [1.165, 1.54) is 95.5 Å². The van der Waals surface area contributed by atoms with Crippen molar-refractivity contribution >= 4 is 0 Å². The quantitative estimate of drug-likeness (QED) is 0.0309. The zero-order valence-corrected chi connectivity index (χ0v) is 32.4. The van der Waals surface area contributed by atoms with Crippen molar-refractivity contribution in [2.45, 2.75) is 194 Å². The van der Waals surface area contributed by atoms with Crippen LogP contribution in [0.15, 0.2) is 36.5 Å². The van der Waals surface area contributed by atoms with Crippen molar-refractivity contribution in [3.8, 4) is 11.8 Å². The summed E-state index contributed by atoms with van der Waals surface area (Å²) in [7, 11) is 0. The van der Waals surface area contributed by atoms with Crippen LogP contribution in [0.25, 0.3) is 0 Å². The number of rotatable bonds is 37. The van der Waals surface area contributed by atoms with E-state index in [1.807, 2.05) is 0 Å². The molecule has 1 N–H and O–H groups in total. The first-order valence-electron chi connectivity index (χ1n) is 20.7. The smallest absolute Gasteiger partial charge is 0.157 e.